The van der Waals surface area contributed by atoms with Crippen LogP contribution in [0.15, 0.2) is 53.5 Å². The van der Waals surface area contributed by atoms with Crippen molar-refractivity contribution in [2.24, 2.45) is 0 Å². The van der Waals surface area contributed by atoms with Gasteiger partial charge in [0.25, 0.3) is 11.5 Å². The lowest BCUT2D eigenvalue weighted by Gasteiger charge is -2.11. The minimum Gasteiger partial charge on any atom is -0.327 e. The van der Waals surface area contributed by atoms with E-state index < -0.39 is 28.9 Å². The Balaban J connectivity index is 1.84. The van der Waals surface area contributed by atoms with Crippen molar-refractivity contribution in [2.45, 2.75) is 20.0 Å². The number of aryl methyl sites for hydroxylation is 2. The second kappa shape index (κ2) is 6.79. The molecule has 27 heavy (non-hydrogen) atoms. The van der Waals surface area contributed by atoms with Gasteiger partial charge in [-0.25, -0.2) is 0 Å². The number of benzene rings is 1. The number of amides is 1. The van der Waals surface area contributed by atoms with Gasteiger partial charge in [0.05, 0.1) is 5.56 Å². The van der Waals surface area contributed by atoms with Gasteiger partial charge in [-0.2, -0.15) is 13.2 Å². The molecular weight excluding hydrogens is 359 g/mol. The molecule has 0 saturated heterocycles. The number of nitrogens with one attached hydrogen (secondary N) is 2. The van der Waals surface area contributed by atoms with Crippen molar-refractivity contribution in [3.05, 3.63) is 81.5 Å². The third-order valence-electron chi connectivity index (χ3n) is 4.14. The lowest BCUT2D eigenvalue weighted by atomic mass is 10.1. The fraction of sp³-hybridized carbons (Fsp3) is 0.158. The number of hydrogen-bond donors (Lipinski definition) is 2. The second-order valence-electron chi connectivity index (χ2n) is 6.08. The molecule has 3 aromatic rings. The molecule has 0 atom stereocenters. The minimum atomic E-state index is -4.63. The highest BCUT2D eigenvalue weighted by molar-refractivity contribution is 6.04. The molecule has 140 valence electrons. The summed E-state index contributed by atoms with van der Waals surface area (Å²) in [6, 6.07) is 11.1. The largest absolute Gasteiger partial charge is 0.417 e. The van der Waals surface area contributed by atoms with E-state index in [0.717, 1.165) is 17.1 Å². The maximum atomic E-state index is 12.8. The van der Waals surface area contributed by atoms with Gasteiger partial charge in [-0.3, -0.25) is 9.59 Å². The van der Waals surface area contributed by atoms with Crippen LogP contribution in [0.5, 0.6) is 0 Å². The fourth-order valence-corrected chi connectivity index (χ4v) is 2.77. The number of carbonyl (C=O) groups is 1. The van der Waals surface area contributed by atoms with Crippen LogP contribution in [0.25, 0.3) is 5.69 Å². The molecule has 0 bridgehead atoms. The number of carbonyl (C=O) groups excluding carboxylic acids is 1. The first-order valence-corrected chi connectivity index (χ1v) is 8.03. The van der Waals surface area contributed by atoms with Crippen LogP contribution in [-0.2, 0) is 6.18 Å². The Hall–Kier alpha value is -3.29. The Bertz CT molecular complexity index is 1030. The maximum Gasteiger partial charge on any atom is 0.417 e. The van der Waals surface area contributed by atoms with Crippen molar-refractivity contribution in [1.82, 2.24) is 9.55 Å². The summed E-state index contributed by atoms with van der Waals surface area (Å²) in [7, 11) is 0. The van der Waals surface area contributed by atoms with E-state index in [2.05, 4.69) is 5.32 Å². The van der Waals surface area contributed by atoms with Crippen LogP contribution < -0.4 is 10.9 Å². The zero-order valence-electron chi connectivity index (χ0n) is 14.5. The molecule has 0 spiro atoms. The smallest absolute Gasteiger partial charge is 0.327 e. The Kier molecular flexibility index (Phi) is 4.65. The maximum absolute atomic E-state index is 12.8. The molecule has 0 aliphatic heterocycles. The molecule has 0 aliphatic rings. The van der Waals surface area contributed by atoms with Crippen LogP contribution in [0.1, 0.15) is 27.3 Å². The summed E-state index contributed by atoms with van der Waals surface area (Å²) in [4.78, 5) is 26.0. The summed E-state index contributed by atoms with van der Waals surface area (Å²) in [5.41, 5.74) is 0.802. The van der Waals surface area contributed by atoms with Crippen molar-refractivity contribution in [2.75, 3.05) is 5.32 Å². The number of pyridine rings is 1. The summed E-state index contributed by atoms with van der Waals surface area (Å²) in [6.45, 7) is 3.90. The number of rotatable bonds is 3. The predicted octanol–water partition coefficient (Wildman–Crippen LogP) is 4.05. The SMILES string of the molecule is Cc1ccc(C)n1-c1ccc(C(=O)Nc2cc(C(F)(F)F)c[nH]c2=O)cc1. The Morgan fingerprint density at radius 2 is 1.63 bits per heavy atom. The van der Waals surface area contributed by atoms with E-state index in [-0.39, 0.29) is 5.56 Å². The van der Waals surface area contributed by atoms with Gasteiger partial charge in [-0.15, -0.1) is 0 Å². The third-order valence-corrected chi connectivity index (χ3v) is 4.14. The monoisotopic (exact) mass is 375 g/mol. The van der Waals surface area contributed by atoms with E-state index in [9.17, 15) is 22.8 Å². The molecule has 0 fully saturated rings. The van der Waals surface area contributed by atoms with Crippen molar-refractivity contribution >= 4 is 11.6 Å². The molecule has 2 N–H and O–H groups in total. The number of alkyl halides is 3. The van der Waals surface area contributed by atoms with Gasteiger partial charge in [0, 0.05) is 28.8 Å². The van der Waals surface area contributed by atoms with Crippen molar-refractivity contribution in [1.29, 1.82) is 0 Å². The number of hydrogen-bond acceptors (Lipinski definition) is 2. The number of aromatic nitrogens is 2. The highest BCUT2D eigenvalue weighted by Crippen LogP contribution is 2.29. The van der Waals surface area contributed by atoms with Gasteiger partial charge >= 0.3 is 6.18 Å². The molecule has 1 aromatic carbocycles. The highest BCUT2D eigenvalue weighted by Gasteiger charge is 2.31. The summed E-state index contributed by atoms with van der Waals surface area (Å²) >= 11 is 0. The topological polar surface area (TPSA) is 66.9 Å². The quantitative estimate of drug-likeness (QED) is 0.725. The first-order chi connectivity index (χ1) is 12.7. The van der Waals surface area contributed by atoms with Crippen LogP contribution in [0.3, 0.4) is 0 Å². The van der Waals surface area contributed by atoms with Gasteiger partial charge in [-0.05, 0) is 56.3 Å². The predicted molar refractivity (Wildman–Crippen MR) is 95.3 cm³/mol. The molecule has 5 nitrogen and oxygen atoms in total. The van der Waals surface area contributed by atoms with Gasteiger partial charge in [-0.1, -0.05) is 0 Å². The molecule has 2 aromatic heterocycles. The molecule has 0 radical (unpaired) electrons. The summed E-state index contributed by atoms with van der Waals surface area (Å²) in [6.07, 6.45) is -4.06. The molecule has 0 unspecified atom stereocenters. The number of nitrogens with zero attached hydrogens (tertiary/aromatic N) is 1. The summed E-state index contributed by atoms with van der Waals surface area (Å²) in [5.74, 6) is -0.674. The van der Waals surface area contributed by atoms with Crippen LogP contribution in [0.2, 0.25) is 0 Å². The Labute approximate surface area is 152 Å². The van der Waals surface area contributed by atoms with Gasteiger partial charge in [0.15, 0.2) is 0 Å². The Morgan fingerprint density at radius 3 is 2.19 bits per heavy atom. The van der Waals surface area contributed by atoms with Crippen molar-refractivity contribution in [3.63, 3.8) is 0 Å². The zero-order chi connectivity index (χ0) is 19.8. The second-order valence-corrected chi connectivity index (χ2v) is 6.08. The molecule has 0 saturated carbocycles. The van der Waals surface area contributed by atoms with Crippen LogP contribution in [0.4, 0.5) is 18.9 Å². The Morgan fingerprint density at radius 1 is 1.04 bits per heavy atom. The van der Waals surface area contributed by atoms with E-state index in [1.807, 2.05) is 35.5 Å². The molecule has 0 aliphatic carbocycles. The zero-order valence-corrected chi connectivity index (χ0v) is 14.5. The number of anilines is 1. The minimum absolute atomic E-state index is 0.220. The van der Waals surface area contributed by atoms with Gasteiger partial charge in [0.1, 0.15) is 5.69 Å². The standard InChI is InChI=1S/C19H16F3N3O2/c1-11-3-4-12(2)25(11)15-7-5-13(6-8-15)17(26)24-16-9-14(19(20,21)22)10-23-18(16)27/h3-10H,1-2H3,(H,23,27)(H,24,26). The third kappa shape index (κ3) is 3.79. The average Bonchev–Trinajstić information content (AvgIpc) is 2.94. The molecule has 8 heteroatoms. The summed E-state index contributed by atoms with van der Waals surface area (Å²) < 4.78 is 40.3. The van der Waals surface area contributed by atoms with Crippen LogP contribution in [-0.4, -0.2) is 15.5 Å². The molecule has 2 heterocycles. The highest BCUT2D eigenvalue weighted by atomic mass is 19.4. The van der Waals surface area contributed by atoms with Gasteiger partial charge < -0.3 is 14.9 Å². The van der Waals surface area contributed by atoms with E-state index in [0.29, 0.717) is 12.3 Å². The summed E-state index contributed by atoms with van der Waals surface area (Å²) in [5, 5.41) is 2.23. The van der Waals surface area contributed by atoms with Gasteiger partial charge in [0.2, 0.25) is 0 Å². The lowest BCUT2D eigenvalue weighted by molar-refractivity contribution is -0.137. The number of aromatic amines is 1. The first kappa shape index (κ1) is 18.5. The van der Waals surface area contributed by atoms with Crippen LogP contribution in [0, 0.1) is 13.8 Å². The van der Waals surface area contributed by atoms with E-state index in [4.69, 9.17) is 0 Å². The van der Waals surface area contributed by atoms with E-state index >= 15 is 0 Å². The lowest BCUT2D eigenvalue weighted by Crippen LogP contribution is -2.21. The number of H-pyrrole nitrogens is 1. The van der Waals surface area contributed by atoms with E-state index in [1.54, 1.807) is 24.3 Å². The van der Waals surface area contributed by atoms with E-state index in [1.165, 1.54) is 0 Å². The van der Waals surface area contributed by atoms with Crippen LogP contribution >= 0.6 is 0 Å². The molecule has 1 amide bonds. The fourth-order valence-electron chi connectivity index (χ4n) is 2.77. The van der Waals surface area contributed by atoms with Crippen molar-refractivity contribution < 1.29 is 18.0 Å². The number of halogens is 3. The average molecular weight is 375 g/mol. The van der Waals surface area contributed by atoms with Crippen molar-refractivity contribution in [3.8, 4) is 5.69 Å². The first-order valence-electron chi connectivity index (χ1n) is 8.03. The molecular formula is C19H16F3N3O2. The normalized spacial score (nSPS) is 11.4. The molecule has 3 rings (SSSR count).